The Morgan fingerprint density at radius 3 is 2.35 bits per heavy atom. The summed E-state index contributed by atoms with van der Waals surface area (Å²) in [5.41, 5.74) is 0. The molecule has 0 aromatic rings. The molecular formula is C13H25N3S. The van der Waals surface area contributed by atoms with Crippen molar-refractivity contribution in [1.29, 1.82) is 0 Å². The first kappa shape index (κ1) is 12.3. The third-order valence-corrected chi connectivity index (χ3v) is 6.03. The molecule has 0 amide bonds. The van der Waals surface area contributed by atoms with E-state index in [0.29, 0.717) is 0 Å². The highest BCUT2D eigenvalue weighted by Crippen LogP contribution is 2.29. The predicted octanol–water partition coefficient (Wildman–Crippen LogP) is 0.860. The van der Waals surface area contributed by atoms with Gasteiger partial charge >= 0.3 is 0 Å². The minimum atomic E-state index is 0.843. The average molecular weight is 255 g/mol. The fourth-order valence-corrected chi connectivity index (χ4v) is 4.59. The molecule has 1 N–H and O–H groups in total. The van der Waals surface area contributed by atoms with E-state index in [0.717, 1.165) is 17.3 Å². The van der Waals surface area contributed by atoms with Crippen LogP contribution in [-0.2, 0) is 0 Å². The van der Waals surface area contributed by atoms with E-state index in [4.69, 9.17) is 0 Å². The van der Waals surface area contributed by atoms with E-state index < -0.39 is 0 Å². The van der Waals surface area contributed by atoms with Gasteiger partial charge in [-0.25, -0.2) is 0 Å². The lowest BCUT2D eigenvalue weighted by Gasteiger charge is -2.47. The summed E-state index contributed by atoms with van der Waals surface area (Å²) in [6, 6.07) is 1.70. The number of hydrogen-bond acceptors (Lipinski definition) is 4. The van der Waals surface area contributed by atoms with E-state index in [1.54, 1.807) is 0 Å². The van der Waals surface area contributed by atoms with Crippen LogP contribution < -0.4 is 5.32 Å². The second-order valence-electron chi connectivity index (χ2n) is 5.67. The number of nitrogens with zero attached hydrogens (tertiary/aromatic N) is 2. The predicted molar refractivity (Wildman–Crippen MR) is 74.7 cm³/mol. The summed E-state index contributed by atoms with van der Waals surface area (Å²) in [5, 5.41) is 4.23. The van der Waals surface area contributed by atoms with Gasteiger partial charge in [-0.3, -0.25) is 9.80 Å². The molecule has 3 rings (SSSR count). The molecule has 3 aliphatic heterocycles. The molecule has 2 unspecified atom stereocenters. The molecule has 0 aromatic heterocycles. The molecule has 3 aliphatic rings. The van der Waals surface area contributed by atoms with Gasteiger partial charge in [-0.2, -0.15) is 11.8 Å². The van der Waals surface area contributed by atoms with Crippen LogP contribution in [0.4, 0.5) is 0 Å². The highest BCUT2D eigenvalue weighted by Gasteiger charge is 2.32. The smallest absolute Gasteiger partial charge is 0.0346 e. The summed E-state index contributed by atoms with van der Waals surface area (Å²) in [7, 11) is 0. The van der Waals surface area contributed by atoms with Gasteiger partial charge in [0.15, 0.2) is 0 Å². The quantitative estimate of drug-likeness (QED) is 0.788. The molecular weight excluding hydrogens is 230 g/mol. The second kappa shape index (κ2) is 5.47. The van der Waals surface area contributed by atoms with Gasteiger partial charge in [-0.1, -0.05) is 6.92 Å². The lowest BCUT2D eigenvalue weighted by Crippen LogP contribution is -2.63. The zero-order chi connectivity index (χ0) is 11.7. The van der Waals surface area contributed by atoms with E-state index in [9.17, 15) is 0 Å². The average Bonchev–Trinajstić information content (AvgIpc) is 2.29. The molecule has 0 saturated carbocycles. The Bertz CT molecular complexity index is 249. The van der Waals surface area contributed by atoms with Crippen LogP contribution in [0.2, 0.25) is 0 Å². The van der Waals surface area contributed by atoms with Gasteiger partial charge in [0, 0.05) is 56.6 Å². The molecule has 0 bridgehead atoms. The number of rotatable bonds is 2. The van der Waals surface area contributed by atoms with Crippen molar-refractivity contribution in [2.24, 2.45) is 0 Å². The lowest BCUT2D eigenvalue weighted by molar-refractivity contribution is 0.0489. The summed E-state index contributed by atoms with van der Waals surface area (Å²) in [6.45, 7) is 10.0. The Morgan fingerprint density at radius 2 is 1.76 bits per heavy atom. The molecule has 4 heteroatoms. The van der Waals surface area contributed by atoms with Crippen LogP contribution in [0, 0.1) is 0 Å². The molecule has 0 spiro atoms. The Kier molecular flexibility index (Phi) is 3.95. The standard InChI is InChI=1S/C13H25N3S/c1-11-13(3-2-8-17-11)16-6-4-15(5-7-16)12-9-14-10-12/h11-14H,2-10H2,1H3. The molecule has 0 radical (unpaired) electrons. The van der Waals surface area contributed by atoms with Crippen molar-refractivity contribution in [1.82, 2.24) is 15.1 Å². The van der Waals surface area contributed by atoms with Crippen molar-refractivity contribution < 1.29 is 0 Å². The summed E-state index contributed by atoms with van der Waals surface area (Å²) in [6.07, 6.45) is 2.85. The van der Waals surface area contributed by atoms with Crippen molar-refractivity contribution in [2.75, 3.05) is 45.0 Å². The molecule has 2 atom stereocenters. The summed E-state index contributed by atoms with van der Waals surface area (Å²) < 4.78 is 0. The highest BCUT2D eigenvalue weighted by atomic mass is 32.2. The minimum Gasteiger partial charge on any atom is -0.314 e. The van der Waals surface area contributed by atoms with Gasteiger partial charge in [0.1, 0.15) is 0 Å². The van der Waals surface area contributed by atoms with Crippen LogP contribution >= 0.6 is 11.8 Å². The van der Waals surface area contributed by atoms with Crippen molar-refractivity contribution in [3.8, 4) is 0 Å². The first-order valence-electron chi connectivity index (χ1n) is 7.15. The third-order valence-electron chi connectivity index (χ3n) is 4.66. The molecule has 17 heavy (non-hydrogen) atoms. The first-order valence-corrected chi connectivity index (χ1v) is 8.20. The van der Waals surface area contributed by atoms with Crippen LogP contribution in [0.1, 0.15) is 19.8 Å². The number of thioether (sulfide) groups is 1. The normalized spacial score (nSPS) is 37.9. The SMILES string of the molecule is CC1SCCCC1N1CCN(C2CNC2)CC1. The van der Waals surface area contributed by atoms with Gasteiger partial charge in [-0.05, 0) is 18.6 Å². The van der Waals surface area contributed by atoms with Crippen LogP contribution in [0.3, 0.4) is 0 Å². The molecule has 3 saturated heterocycles. The van der Waals surface area contributed by atoms with Crippen LogP contribution in [0.25, 0.3) is 0 Å². The van der Waals surface area contributed by atoms with Gasteiger partial charge in [0.05, 0.1) is 0 Å². The third kappa shape index (κ3) is 2.65. The monoisotopic (exact) mass is 255 g/mol. The van der Waals surface area contributed by atoms with Crippen LogP contribution in [0.5, 0.6) is 0 Å². The molecule has 0 aromatic carbocycles. The fraction of sp³-hybridized carbons (Fsp3) is 1.00. The van der Waals surface area contributed by atoms with Crippen molar-refractivity contribution in [2.45, 2.75) is 37.1 Å². The van der Waals surface area contributed by atoms with Crippen molar-refractivity contribution in [3.05, 3.63) is 0 Å². The first-order chi connectivity index (χ1) is 8.34. The van der Waals surface area contributed by atoms with Crippen molar-refractivity contribution >= 4 is 11.8 Å². The Balaban J connectivity index is 1.49. The van der Waals surface area contributed by atoms with Gasteiger partial charge < -0.3 is 5.32 Å². The van der Waals surface area contributed by atoms with Gasteiger partial charge in [-0.15, -0.1) is 0 Å². The Hall–Kier alpha value is 0.230. The van der Waals surface area contributed by atoms with E-state index in [1.807, 2.05) is 0 Å². The molecule has 98 valence electrons. The summed E-state index contributed by atoms with van der Waals surface area (Å²) in [5.74, 6) is 1.38. The maximum Gasteiger partial charge on any atom is 0.0346 e. The summed E-state index contributed by atoms with van der Waals surface area (Å²) in [4.78, 5) is 5.45. The maximum atomic E-state index is 3.38. The second-order valence-corrected chi connectivity index (χ2v) is 7.15. The molecule has 3 heterocycles. The molecule has 0 aliphatic carbocycles. The van der Waals surface area contributed by atoms with E-state index in [2.05, 4.69) is 33.8 Å². The zero-order valence-corrected chi connectivity index (χ0v) is 11.7. The fourth-order valence-electron chi connectivity index (χ4n) is 3.35. The topological polar surface area (TPSA) is 18.5 Å². The maximum absolute atomic E-state index is 3.38. The highest BCUT2D eigenvalue weighted by molar-refractivity contribution is 7.99. The van der Waals surface area contributed by atoms with Crippen LogP contribution in [-0.4, -0.2) is 72.2 Å². The van der Waals surface area contributed by atoms with E-state index in [-0.39, 0.29) is 0 Å². The summed E-state index contributed by atoms with van der Waals surface area (Å²) >= 11 is 2.18. The number of hydrogen-bond donors (Lipinski definition) is 1. The number of nitrogens with one attached hydrogen (secondary N) is 1. The largest absolute Gasteiger partial charge is 0.314 e. The lowest BCUT2D eigenvalue weighted by atomic mass is 10.0. The van der Waals surface area contributed by atoms with E-state index in [1.165, 1.54) is 57.9 Å². The Morgan fingerprint density at radius 1 is 1.06 bits per heavy atom. The van der Waals surface area contributed by atoms with Crippen LogP contribution in [0.15, 0.2) is 0 Å². The van der Waals surface area contributed by atoms with Gasteiger partial charge in [0.2, 0.25) is 0 Å². The van der Waals surface area contributed by atoms with Gasteiger partial charge in [0.25, 0.3) is 0 Å². The molecule has 3 fully saturated rings. The molecule has 3 nitrogen and oxygen atoms in total. The van der Waals surface area contributed by atoms with Crippen molar-refractivity contribution in [3.63, 3.8) is 0 Å². The van der Waals surface area contributed by atoms with E-state index >= 15 is 0 Å². The number of piperazine rings is 1. The minimum absolute atomic E-state index is 0.843. The zero-order valence-electron chi connectivity index (χ0n) is 10.9. The Labute approximate surface area is 109 Å².